The molecule has 1 aliphatic rings. The zero-order valence-corrected chi connectivity index (χ0v) is 13.3. The lowest BCUT2D eigenvalue weighted by atomic mass is 9.86. The van der Waals surface area contributed by atoms with Crippen LogP contribution in [0.2, 0.25) is 0 Å². The molecule has 0 aliphatic heterocycles. The minimum Gasteiger partial charge on any atom is -0.493 e. The van der Waals surface area contributed by atoms with Gasteiger partial charge in [-0.2, -0.15) is 5.10 Å². The number of rotatable bonds is 3. The summed E-state index contributed by atoms with van der Waals surface area (Å²) in [6.07, 6.45) is 8.30. The van der Waals surface area contributed by atoms with Crippen LogP contribution in [0, 0.1) is 0 Å². The van der Waals surface area contributed by atoms with Gasteiger partial charge in [0.2, 0.25) is 0 Å². The number of ether oxygens (including phenoxy) is 2. The highest BCUT2D eigenvalue weighted by Gasteiger charge is 2.21. The van der Waals surface area contributed by atoms with Crippen molar-refractivity contribution in [3.63, 3.8) is 0 Å². The van der Waals surface area contributed by atoms with Gasteiger partial charge in [-0.05, 0) is 42.9 Å². The molecule has 1 aliphatic carbocycles. The average Bonchev–Trinajstić information content (AvgIpc) is 3.14. The monoisotopic (exact) mass is 309 g/mol. The van der Waals surface area contributed by atoms with E-state index in [2.05, 4.69) is 16.3 Å². The third-order valence-electron chi connectivity index (χ3n) is 4.58. The van der Waals surface area contributed by atoms with Crippen molar-refractivity contribution in [2.24, 2.45) is 0 Å². The first-order valence-corrected chi connectivity index (χ1v) is 7.88. The summed E-state index contributed by atoms with van der Waals surface area (Å²) >= 11 is 0. The number of aromatic nitrogens is 3. The van der Waals surface area contributed by atoms with Crippen LogP contribution in [0.5, 0.6) is 11.5 Å². The second kappa shape index (κ2) is 5.57. The maximum absolute atomic E-state index is 5.47. The molecule has 23 heavy (non-hydrogen) atoms. The first-order valence-electron chi connectivity index (χ1n) is 7.88. The number of hydrogen-bond acceptors (Lipinski definition) is 4. The number of methoxy groups -OCH3 is 2. The summed E-state index contributed by atoms with van der Waals surface area (Å²) in [5.74, 6) is 1.46. The van der Waals surface area contributed by atoms with Crippen LogP contribution in [0.15, 0.2) is 24.5 Å². The molecule has 0 atom stereocenters. The van der Waals surface area contributed by atoms with Crippen molar-refractivity contribution in [2.75, 3.05) is 14.2 Å². The van der Waals surface area contributed by atoms with Gasteiger partial charge in [0.15, 0.2) is 11.5 Å². The molecule has 118 valence electrons. The van der Waals surface area contributed by atoms with Crippen LogP contribution in [-0.4, -0.2) is 29.4 Å². The lowest BCUT2D eigenvalue weighted by Gasteiger charge is -2.21. The van der Waals surface area contributed by atoms with E-state index < -0.39 is 0 Å². The molecule has 4 rings (SSSR count). The highest BCUT2D eigenvalue weighted by molar-refractivity contribution is 5.90. The fraction of sp³-hybridized carbons (Fsp3) is 0.333. The zero-order valence-electron chi connectivity index (χ0n) is 13.3. The minimum absolute atomic E-state index is 0.710. The van der Waals surface area contributed by atoms with Crippen molar-refractivity contribution >= 4 is 10.9 Å². The van der Waals surface area contributed by atoms with Gasteiger partial charge in [0.05, 0.1) is 31.6 Å². The summed E-state index contributed by atoms with van der Waals surface area (Å²) < 4.78 is 10.9. The predicted molar refractivity (Wildman–Crippen MR) is 89.1 cm³/mol. The van der Waals surface area contributed by atoms with Gasteiger partial charge < -0.3 is 9.47 Å². The van der Waals surface area contributed by atoms with E-state index in [1.807, 2.05) is 18.5 Å². The highest BCUT2D eigenvalue weighted by atomic mass is 16.5. The van der Waals surface area contributed by atoms with Gasteiger partial charge in [-0.25, -0.2) is 4.98 Å². The summed E-state index contributed by atoms with van der Waals surface area (Å²) in [5, 5.41) is 8.14. The molecule has 0 unspecified atom stereocenters. The van der Waals surface area contributed by atoms with Crippen LogP contribution < -0.4 is 9.47 Å². The fourth-order valence-electron chi connectivity index (χ4n) is 3.47. The molecule has 0 bridgehead atoms. The molecule has 2 aromatic heterocycles. The molecular weight excluding hydrogens is 290 g/mol. The van der Waals surface area contributed by atoms with Gasteiger partial charge in [-0.3, -0.25) is 5.10 Å². The Labute approximate surface area is 134 Å². The molecule has 0 amide bonds. The normalized spacial score (nSPS) is 13.8. The van der Waals surface area contributed by atoms with Crippen LogP contribution in [0.4, 0.5) is 0 Å². The second-order valence-corrected chi connectivity index (χ2v) is 5.84. The molecule has 0 spiro atoms. The maximum atomic E-state index is 5.47. The Hall–Kier alpha value is -2.56. The first kappa shape index (κ1) is 14.1. The van der Waals surface area contributed by atoms with Crippen molar-refractivity contribution in [2.45, 2.75) is 25.7 Å². The van der Waals surface area contributed by atoms with Gasteiger partial charge in [0.25, 0.3) is 0 Å². The molecule has 0 saturated carbocycles. The van der Waals surface area contributed by atoms with Crippen LogP contribution in [0.1, 0.15) is 24.0 Å². The average molecular weight is 309 g/mol. The minimum atomic E-state index is 0.710. The van der Waals surface area contributed by atoms with E-state index >= 15 is 0 Å². The fourth-order valence-corrected chi connectivity index (χ4v) is 3.47. The number of fused-ring (bicyclic) bond motifs is 3. The molecule has 0 fully saturated rings. The van der Waals surface area contributed by atoms with Crippen molar-refractivity contribution in [1.29, 1.82) is 0 Å². The van der Waals surface area contributed by atoms with Crippen LogP contribution in [-0.2, 0) is 12.8 Å². The molecule has 0 radical (unpaired) electrons. The summed E-state index contributed by atoms with van der Waals surface area (Å²) in [6.45, 7) is 0. The Bertz CT molecular complexity index is 857. The van der Waals surface area contributed by atoms with Crippen LogP contribution >= 0.6 is 0 Å². The molecule has 0 saturated heterocycles. The Morgan fingerprint density at radius 3 is 2.43 bits per heavy atom. The summed E-state index contributed by atoms with van der Waals surface area (Å²) in [4.78, 5) is 4.92. The predicted octanol–water partition coefficient (Wildman–Crippen LogP) is 3.52. The second-order valence-electron chi connectivity index (χ2n) is 5.84. The maximum Gasteiger partial charge on any atom is 0.162 e. The largest absolute Gasteiger partial charge is 0.493 e. The van der Waals surface area contributed by atoms with E-state index in [0.717, 1.165) is 35.4 Å². The van der Waals surface area contributed by atoms with Crippen molar-refractivity contribution in [1.82, 2.24) is 15.2 Å². The van der Waals surface area contributed by atoms with Crippen molar-refractivity contribution < 1.29 is 9.47 Å². The molecule has 1 N–H and O–H groups in total. The van der Waals surface area contributed by atoms with E-state index in [0.29, 0.717) is 5.75 Å². The lowest BCUT2D eigenvalue weighted by Crippen LogP contribution is -2.07. The quantitative estimate of drug-likeness (QED) is 0.804. The number of benzene rings is 1. The molecule has 2 heterocycles. The van der Waals surface area contributed by atoms with E-state index in [1.165, 1.54) is 29.4 Å². The number of aromatic amines is 1. The number of hydrogen-bond donors (Lipinski definition) is 1. The van der Waals surface area contributed by atoms with Gasteiger partial charge in [-0.1, -0.05) is 0 Å². The Morgan fingerprint density at radius 1 is 1.00 bits per heavy atom. The SMILES string of the molecule is COc1cc2nc(-c3cn[nH]c3)c3c(c2cc1OC)CCCC3. The van der Waals surface area contributed by atoms with E-state index in [-0.39, 0.29) is 0 Å². The standard InChI is InChI=1S/C18H19N3O2/c1-22-16-7-14-12-5-3-4-6-13(12)18(11-9-19-20-10-11)21-15(14)8-17(16)23-2/h7-10H,3-6H2,1-2H3,(H,19,20). The van der Waals surface area contributed by atoms with Crippen molar-refractivity contribution in [3.05, 3.63) is 35.7 Å². The Kier molecular flexibility index (Phi) is 3.41. The Morgan fingerprint density at radius 2 is 1.74 bits per heavy atom. The number of H-pyrrole nitrogens is 1. The zero-order chi connectivity index (χ0) is 15.8. The smallest absolute Gasteiger partial charge is 0.162 e. The molecular formula is C18H19N3O2. The van der Waals surface area contributed by atoms with E-state index in [4.69, 9.17) is 14.5 Å². The van der Waals surface area contributed by atoms with Crippen LogP contribution in [0.25, 0.3) is 22.2 Å². The topological polar surface area (TPSA) is 60.0 Å². The van der Waals surface area contributed by atoms with Crippen LogP contribution in [0.3, 0.4) is 0 Å². The number of nitrogens with zero attached hydrogens (tertiary/aromatic N) is 2. The number of pyridine rings is 1. The van der Waals surface area contributed by atoms with Gasteiger partial charge in [0.1, 0.15) is 0 Å². The summed E-state index contributed by atoms with van der Waals surface area (Å²) in [7, 11) is 3.32. The first-order chi connectivity index (χ1) is 11.3. The van der Waals surface area contributed by atoms with Gasteiger partial charge in [0, 0.05) is 23.2 Å². The highest BCUT2D eigenvalue weighted by Crippen LogP contribution is 2.39. The summed E-state index contributed by atoms with van der Waals surface area (Å²) in [5.41, 5.74) is 5.75. The molecule has 3 aromatic rings. The Balaban J connectivity index is 2.05. The molecule has 1 aromatic carbocycles. The number of aryl methyl sites for hydroxylation is 1. The molecule has 5 nitrogen and oxygen atoms in total. The van der Waals surface area contributed by atoms with Crippen molar-refractivity contribution in [3.8, 4) is 22.8 Å². The van der Waals surface area contributed by atoms with E-state index in [1.54, 1.807) is 14.2 Å². The molecule has 5 heteroatoms. The third kappa shape index (κ3) is 2.23. The van der Waals surface area contributed by atoms with Gasteiger partial charge >= 0.3 is 0 Å². The number of nitrogens with one attached hydrogen (secondary N) is 1. The summed E-state index contributed by atoms with van der Waals surface area (Å²) in [6, 6.07) is 4.02. The lowest BCUT2D eigenvalue weighted by molar-refractivity contribution is 0.355. The van der Waals surface area contributed by atoms with E-state index in [9.17, 15) is 0 Å². The third-order valence-corrected chi connectivity index (χ3v) is 4.58. The van der Waals surface area contributed by atoms with Gasteiger partial charge in [-0.15, -0.1) is 0 Å².